The molecule has 1 aliphatic heterocycles. The minimum Gasteiger partial charge on any atom is -0.461 e. The summed E-state index contributed by atoms with van der Waals surface area (Å²) in [6.45, 7) is 2.16. The number of carbonyl (C=O) groups is 1. The van der Waals surface area contributed by atoms with Crippen molar-refractivity contribution in [3.63, 3.8) is 0 Å². The number of Topliss-reactive ketones (excluding diaryl/α,β-unsaturated/α-hetero) is 1. The largest absolute Gasteiger partial charge is 0.461 e. The van der Waals surface area contributed by atoms with Crippen LogP contribution in [0.15, 0.2) is 47.7 Å². The zero-order valence-corrected chi connectivity index (χ0v) is 12.2. The van der Waals surface area contributed by atoms with E-state index in [-0.39, 0.29) is 11.7 Å². The van der Waals surface area contributed by atoms with Crippen LogP contribution in [0, 0.1) is 0 Å². The van der Waals surface area contributed by atoms with Gasteiger partial charge in [-0.2, -0.15) is 0 Å². The molecule has 2 aliphatic rings. The number of carbonyl (C=O) groups excluding carboxylic acids is 1. The van der Waals surface area contributed by atoms with Crippen molar-refractivity contribution < 1.29 is 9.53 Å². The molecular weight excluding hydrogens is 260 g/mol. The van der Waals surface area contributed by atoms with Crippen molar-refractivity contribution >= 4 is 16.6 Å². The van der Waals surface area contributed by atoms with Crippen LogP contribution in [0.5, 0.6) is 5.75 Å². The van der Waals surface area contributed by atoms with Gasteiger partial charge >= 0.3 is 0 Å². The van der Waals surface area contributed by atoms with Crippen molar-refractivity contribution in [3.8, 4) is 5.75 Å². The van der Waals surface area contributed by atoms with Crippen LogP contribution < -0.4 is 4.74 Å². The first-order valence-electron chi connectivity index (χ1n) is 7.75. The first-order valence-corrected chi connectivity index (χ1v) is 7.75. The van der Waals surface area contributed by atoms with E-state index in [1.807, 2.05) is 0 Å². The number of benzene rings is 2. The Morgan fingerprint density at radius 2 is 2.00 bits per heavy atom. The number of ketones is 1. The second kappa shape index (κ2) is 4.73. The van der Waals surface area contributed by atoms with Crippen LogP contribution in [0.4, 0.5) is 0 Å². The van der Waals surface area contributed by atoms with Crippen molar-refractivity contribution in [1.29, 1.82) is 0 Å². The molecule has 0 radical (unpaired) electrons. The molecule has 1 unspecified atom stereocenters. The highest BCUT2D eigenvalue weighted by Crippen LogP contribution is 2.47. The van der Waals surface area contributed by atoms with Crippen molar-refractivity contribution in [1.82, 2.24) is 0 Å². The molecule has 0 N–H and O–H groups in total. The average Bonchev–Trinajstić information content (AvgIpc) is 2.53. The van der Waals surface area contributed by atoms with Crippen molar-refractivity contribution in [2.24, 2.45) is 0 Å². The third kappa shape index (κ3) is 1.82. The second-order valence-corrected chi connectivity index (χ2v) is 5.87. The van der Waals surface area contributed by atoms with Gasteiger partial charge in [0.15, 0.2) is 5.78 Å². The van der Waals surface area contributed by atoms with E-state index in [0.29, 0.717) is 6.42 Å². The van der Waals surface area contributed by atoms with Gasteiger partial charge < -0.3 is 4.74 Å². The normalized spacial score (nSPS) is 21.0. The second-order valence-electron chi connectivity index (χ2n) is 5.87. The standard InChI is InChI=1S/C19H18O2/c1-2-13-18-14-7-4-3-6-12(14)10-11-17(18)21-16-9-5-8-15(20)19(13)16/h3-4,6-7,10-11,13H,2,5,8-9H2,1H3. The van der Waals surface area contributed by atoms with Crippen LogP contribution in [-0.4, -0.2) is 5.78 Å². The lowest BCUT2D eigenvalue weighted by Gasteiger charge is -2.32. The van der Waals surface area contributed by atoms with E-state index in [1.54, 1.807) is 0 Å². The monoisotopic (exact) mass is 278 g/mol. The van der Waals surface area contributed by atoms with Gasteiger partial charge in [0, 0.05) is 29.9 Å². The van der Waals surface area contributed by atoms with Crippen LogP contribution in [0.2, 0.25) is 0 Å². The third-order valence-electron chi connectivity index (χ3n) is 4.68. The smallest absolute Gasteiger partial charge is 0.162 e. The number of hydrogen-bond acceptors (Lipinski definition) is 2. The number of fused-ring (bicyclic) bond motifs is 3. The van der Waals surface area contributed by atoms with Gasteiger partial charge in [0.05, 0.1) is 0 Å². The van der Waals surface area contributed by atoms with Gasteiger partial charge in [0.1, 0.15) is 11.5 Å². The topological polar surface area (TPSA) is 26.3 Å². The highest BCUT2D eigenvalue weighted by Gasteiger charge is 2.35. The van der Waals surface area contributed by atoms with Gasteiger partial charge in [-0.25, -0.2) is 0 Å². The molecule has 0 amide bonds. The molecule has 1 heterocycles. The summed E-state index contributed by atoms with van der Waals surface area (Å²) in [5, 5.41) is 2.43. The Morgan fingerprint density at radius 1 is 1.14 bits per heavy atom. The number of allylic oxidation sites excluding steroid dienone is 2. The fraction of sp³-hybridized carbons (Fsp3) is 0.316. The van der Waals surface area contributed by atoms with Crippen LogP contribution in [0.1, 0.15) is 44.1 Å². The third-order valence-corrected chi connectivity index (χ3v) is 4.68. The van der Waals surface area contributed by atoms with Crippen LogP contribution in [0.3, 0.4) is 0 Å². The predicted octanol–water partition coefficient (Wildman–Crippen LogP) is 4.73. The summed E-state index contributed by atoms with van der Waals surface area (Å²) in [6.07, 6.45) is 3.41. The zero-order valence-electron chi connectivity index (χ0n) is 12.2. The summed E-state index contributed by atoms with van der Waals surface area (Å²) in [7, 11) is 0. The van der Waals surface area contributed by atoms with Gasteiger partial charge in [-0.15, -0.1) is 0 Å². The number of rotatable bonds is 1. The molecule has 0 fully saturated rings. The highest BCUT2D eigenvalue weighted by atomic mass is 16.5. The lowest BCUT2D eigenvalue weighted by Crippen LogP contribution is -2.24. The van der Waals surface area contributed by atoms with E-state index in [0.717, 1.165) is 36.3 Å². The van der Waals surface area contributed by atoms with E-state index in [2.05, 4.69) is 43.3 Å². The molecule has 2 aromatic carbocycles. The maximum Gasteiger partial charge on any atom is 0.162 e. The fourth-order valence-corrected chi connectivity index (χ4v) is 3.74. The molecule has 4 rings (SSSR count). The minimum atomic E-state index is 0.183. The first kappa shape index (κ1) is 12.6. The Balaban J connectivity index is 1.99. The molecule has 0 aromatic heterocycles. The predicted molar refractivity (Wildman–Crippen MR) is 83.5 cm³/mol. The summed E-state index contributed by atoms with van der Waals surface area (Å²) < 4.78 is 6.11. The lowest BCUT2D eigenvalue weighted by molar-refractivity contribution is -0.116. The Morgan fingerprint density at radius 3 is 2.86 bits per heavy atom. The van der Waals surface area contributed by atoms with Crippen molar-refractivity contribution in [2.45, 2.75) is 38.5 Å². The maximum atomic E-state index is 12.4. The lowest BCUT2D eigenvalue weighted by atomic mass is 9.78. The van der Waals surface area contributed by atoms with Gasteiger partial charge in [0.2, 0.25) is 0 Å². The Hall–Kier alpha value is -2.09. The maximum absolute atomic E-state index is 12.4. The molecule has 0 bridgehead atoms. The molecular formula is C19H18O2. The number of hydrogen-bond donors (Lipinski definition) is 0. The fourth-order valence-electron chi connectivity index (χ4n) is 3.74. The summed E-state index contributed by atoms with van der Waals surface area (Å²) in [5.74, 6) is 2.32. The molecule has 2 heteroatoms. The molecule has 0 spiro atoms. The molecule has 2 aromatic rings. The molecule has 21 heavy (non-hydrogen) atoms. The van der Waals surface area contributed by atoms with E-state index in [1.165, 1.54) is 16.3 Å². The summed E-state index contributed by atoms with van der Waals surface area (Å²) in [5.41, 5.74) is 2.14. The molecule has 1 atom stereocenters. The summed E-state index contributed by atoms with van der Waals surface area (Å²) in [4.78, 5) is 12.4. The van der Waals surface area contributed by atoms with Gasteiger partial charge in [0.25, 0.3) is 0 Å². The van der Waals surface area contributed by atoms with Gasteiger partial charge in [-0.3, -0.25) is 4.79 Å². The Labute approximate surface area is 124 Å². The van der Waals surface area contributed by atoms with Gasteiger partial charge in [-0.1, -0.05) is 37.3 Å². The molecule has 1 aliphatic carbocycles. The molecule has 0 saturated heterocycles. The quantitative estimate of drug-likeness (QED) is 0.753. The molecule has 106 valence electrons. The van der Waals surface area contributed by atoms with Crippen LogP contribution in [-0.2, 0) is 4.79 Å². The van der Waals surface area contributed by atoms with E-state index in [4.69, 9.17) is 4.74 Å². The Kier molecular flexibility index (Phi) is 2.85. The van der Waals surface area contributed by atoms with Crippen molar-refractivity contribution in [3.05, 3.63) is 53.3 Å². The summed E-state index contributed by atoms with van der Waals surface area (Å²) >= 11 is 0. The molecule has 2 nitrogen and oxygen atoms in total. The molecule has 0 saturated carbocycles. The van der Waals surface area contributed by atoms with Crippen molar-refractivity contribution in [2.75, 3.05) is 0 Å². The highest BCUT2D eigenvalue weighted by molar-refractivity contribution is 6.00. The average molecular weight is 278 g/mol. The zero-order chi connectivity index (χ0) is 14.4. The minimum absolute atomic E-state index is 0.183. The van der Waals surface area contributed by atoms with E-state index in [9.17, 15) is 4.79 Å². The Bertz CT molecular complexity index is 770. The van der Waals surface area contributed by atoms with Gasteiger partial charge in [-0.05, 0) is 29.7 Å². The first-order chi connectivity index (χ1) is 10.3. The van der Waals surface area contributed by atoms with E-state index >= 15 is 0 Å². The van der Waals surface area contributed by atoms with Crippen LogP contribution >= 0.6 is 0 Å². The van der Waals surface area contributed by atoms with Crippen LogP contribution in [0.25, 0.3) is 10.8 Å². The van der Waals surface area contributed by atoms with E-state index < -0.39 is 0 Å². The number of ether oxygens (including phenoxy) is 1. The SMILES string of the molecule is CCC1C2=C(CCCC2=O)Oc2ccc3ccccc3c21. The summed E-state index contributed by atoms with van der Waals surface area (Å²) in [6, 6.07) is 12.5.